The molecule has 0 spiro atoms. The molecule has 0 aromatic heterocycles. The summed E-state index contributed by atoms with van der Waals surface area (Å²) in [7, 11) is 0. The monoisotopic (exact) mass is 319 g/mol. The minimum atomic E-state index is 0.140. The molecule has 132 valence electrons. The van der Waals surface area contributed by atoms with Gasteiger partial charge >= 0.3 is 0 Å². The van der Waals surface area contributed by atoms with E-state index in [0.717, 1.165) is 18.9 Å². The zero-order valence-electron chi connectivity index (χ0n) is 16.3. The van der Waals surface area contributed by atoms with E-state index >= 15 is 0 Å². The lowest BCUT2D eigenvalue weighted by Gasteiger charge is -2.39. The van der Waals surface area contributed by atoms with Crippen LogP contribution in [0.25, 0.3) is 0 Å². The van der Waals surface area contributed by atoms with Crippen LogP contribution in [0.3, 0.4) is 0 Å². The molecule has 23 heavy (non-hydrogen) atoms. The molecule has 0 amide bonds. The maximum atomic E-state index is 5.87. The average Bonchev–Trinajstić information content (AvgIpc) is 2.49. The molecular formula is C21H37NO. The van der Waals surface area contributed by atoms with Crippen LogP contribution in [-0.4, -0.2) is 19.2 Å². The Morgan fingerprint density at radius 3 is 2.09 bits per heavy atom. The molecule has 0 saturated carbocycles. The van der Waals surface area contributed by atoms with Gasteiger partial charge in [0.25, 0.3) is 0 Å². The molecule has 0 radical (unpaired) electrons. The summed E-state index contributed by atoms with van der Waals surface area (Å²) < 4.78 is 5.87. The third-order valence-electron chi connectivity index (χ3n) is 5.38. The van der Waals surface area contributed by atoms with Crippen LogP contribution >= 0.6 is 0 Å². The average molecular weight is 320 g/mol. The molecule has 0 aliphatic heterocycles. The lowest BCUT2D eigenvalue weighted by molar-refractivity contribution is 0.225. The van der Waals surface area contributed by atoms with Crippen LogP contribution in [0.4, 0.5) is 0 Å². The second-order valence-electron chi connectivity index (χ2n) is 8.10. The second-order valence-corrected chi connectivity index (χ2v) is 8.10. The van der Waals surface area contributed by atoms with Crippen LogP contribution in [0.1, 0.15) is 73.3 Å². The highest BCUT2D eigenvalue weighted by atomic mass is 16.5. The van der Waals surface area contributed by atoms with Gasteiger partial charge in [0, 0.05) is 12.6 Å². The Balaban J connectivity index is 2.49. The minimum absolute atomic E-state index is 0.140. The van der Waals surface area contributed by atoms with E-state index in [9.17, 15) is 0 Å². The summed E-state index contributed by atoms with van der Waals surface area (Å²) in [6.07, 6.45) is 3.66. The van der Waals surface area contributed by atoms with Gasteiger partial charge < -0.3 is 10.1 Å². The van der Waals surface area contributed by atoms with Crippen molar-refractivity contribution in [3.63, 3.8) is 0 Å². The predicted octanol–water partition coefficient (Wildman–Crippen LogP) is 5.56. The third-order valence-corrected chi connectivity index (χ3v) is 5.38. The SMILES string of the molecule is CCCC(CC)NCCOc1ccc(C(C)(C)C(C)(C)C)cc1. The molecule has 0 bridgehead atoms. The molecule has 2 nitrogen and oxygen atoms in total. The number of hydrogen-bond acceptors (Lipinski definition) is 2. The molecule has 2 heteroatoms. The molecule has 0 aliphatic carbocycles. The van der Waals surface area contributed by atoms with Crippen molar-refractivity contribution in [3.8, 4) is 5.75 Å². The number of rotatable bonds is 9. The fraction of sp³-hybridized carbons (Fsp3) is 0.714. The maximum Gasteiger partial charge on any atom is 0.119 e. The summed E-state index contributed by atoms with van der Waals surface area (Å²) in [5.74, 6) is 0.962. The van der Waals surface area contributed by atoms with Crippen LogP contribution < -0.4 is 10.1 Å². The first-order valence-corrected chi connectivity index (χ1v) is 9.19. The smallest absolute Gasteiger partial charge is 0.119 e. The molecule has 1 unspecified atom stereocenters. The Morgan fingerprint density at radius 1 is 1.00 bits per heavy atom. The summed E-state index contributed by atoms with van der Waals surface area (Å²) in [5, 5.41) is 3.57. The van der Waals surface area contributed by atoms with Gasteiger partial charge in [0.1, 0.15) is 12.4 Å². The summed E-state index contributed by atoms with van der Waals surface area (Å²) in [6, 6.07) is 9.25. The molecule has 1 aromatic carbocycles. The molecular weight excluding hydrogens is 282 g/mol. The summed E-state index contributed by atoms with van der Waals surface area (Å²) >= 11 is 0. The zero-order valence-corrected chi connectivity index (χ0v) is 16.3. The maximum absolute atomic E-state index is 5.87. The van der Waals surface area contributed by atoms with E-state index in [1.165, 1.54) is 24.8 Å². The van der Waals surface area contributed by atoms with Gasteiger partial charge in [-0.1, -0.05) is 67.0 Å². The molecule has 0 fully saturated rings. The molecule has 1 atom stereocenters. The van der Waals surface area contributed by atoms with Crippen molar-refractivity contribution in [2.24, 2.45) is 5.41 Å². The van der Waals surface area contributed by atoms with Crippen molar-refractivity contribution < 1.29 is 4.74 Å². The lowest BCUT2D eigenvalue weighted by atomic mass is 9.65. The quantitative estimate of drug-likeness (QED) is 0.602. The highest BCUT2D eigenvalue weighted by molar-refractivity contribution is 5.32. The van der Waals surface area contributed by atoms with Crippen LogP contribution in [0, 0.1) is 5.41 Å². The van der Waals surface area contributed by atoms with E-state index in [2.05, 4.69) is 78.0 Å². The normalized spacial score (nSPS) is 13.9. The molecule has 0 heterocycles. The van der Waals surface area contributed by atoms with Gasteiger partial charge in [-0.05, 0) is 41.4 Å². The summed E-state index contributed by atoms with van der Waals surface area (Å²) in [4.78, 5) is 0. The number of benzene rings is 1. The van der Waals surface area contributed by atoms with Gasteiger partial charge in [-0.15, -0.1) is 0 Å². The summed E-state index contributed by atoms with van der Waals surface area (Å²) in [5.41, 5.74) is 1.74. The van der Waals surface area contributed by atoms with Crippen molar-refractivity contribution in [3.05, 3.63) is 29.8 Å². The third kappa shape index (κ3) is 5.84. The van der Waals surface area contributed by atoms with E-state index in [0.29, 0.717) is 6.04 Å². The summed E-state index contributed by atoms with van der Waals surface area (Å²) in [6.45, 7) is 17.6. The van der Waals surface area contributed by atoms with E-state index in [1.54, 1.807) is 0 Å². The zero-order chi connectivity index (χ0) is 17.5. The molecule has 0 aliphatic rings. The van der Waals surface area contributed by atoms with E-state index in [-0.39, 0.29) is 10.8 Å². The van der Waals surface area contributed by atoms with Gasteiger partial charge in [0.05, 0.1) is 0 Å². The van der Waals surface area contributed by atoms with Crippen LogP contribution in [0.2, 0.25) is 0 Å². The van der Waals surface area contributed by atoms with E-state index < -0.39 is 0 Å². The number of ether oxygens (including phenoxy) is 1. The van der Waals surface area contributed by atoms with Crippen molar-refractivity contribution in [1.29, 1.82) is 0 Å². The van der Waals surface area contributed by atoms with Gasteiger partial charge in [-0.25, -0.2) is 0 Å². The van der Waals surface area contributed by atoms with Gasteiger partial charge in [0.2, 0.25) is 0 Å². The first-order valence-electron chi connectivity index (χ1n) is 9.19. The first kappa shape index (κ1) is 20.0. The number of hydrogen-bond donors (Lipinski definition) is 1. The molecule has 0 saturated heterocycles. The van der Waals surface area contributed by atoms with Crippen molar-refractivity contribution in [1.82, 2.24) is 5.32 Å². The molecule has 1 rings (SSSR count). The predicted molar refractivity (Wildman–Crippen MR) is 101 cm³/mol. The Labute approximate surface area is 144 Å². The molecule has 1 aromatic rings. The van der Waals surface area contributed by atoms with Crippen molar-refractivity contribution in [2.75, 3.05) is 13.2 Å². The van der Waals surface area contributed by atoms with Crippen LogP contribution in [-0.2, 0) is 5.41 Å². The van der Waals surface area contributed by atoms with Crippen LogP contribution in [0.5, 0.6) is 5.75 Å². The Morgan fingerprint density at radius 2 is 1.61 bits per heavy atom. The van der Waals surface area contributed by atoms with Crippen molar-refractivity contribution >= 4 is 0 Å². The van der Waals surface area contributed by atoms with Crippen LogP contribution in [0.15, 0.2) is 24.3 Å². The van der Waals surface area contributed by atoms with E-state index in [1.807, 2.05) is 0 Å². The highest BCUT2D eigenvalue weighted by Gasteiger charge is 2.34. The first-order chi connectivity index (χ1) is 10.7. The Hall–Kier alpha value is -1.02. The van der Waals surface area contributed by atoms with Gasteiger partial charge in [0.15, 0.2) is 0 Å². The Kier molecular flexibility index (Phi) is 7.60. The highest BCUT2D eigenvalue weighted by Crippen LogP contribution is 2.41. The standard InChI is InChI=1S/C21H37NO/c1-8-10-18(9-2)22-15-16-23-19-13-11-17(12-14-19)21(6,7)20(3,4)5/h11-14,18,22H,8-10,15-16H2,1-7H3. The van der Waals surface area contributed by atoms with Crippen molar-refractivity contribution in [2.45, 2.75) is 79.2 Å². The lowest BCUT2D eigenvalue weighted by Crippen LogP contribution is -2.33. The number of nitrogens with one attached hydrogen (secondary N) is 1. The fourth-order valence-corrected chi connectivity index (χ4v) is 2.63. The fourth-order valence-electron chi connectivity index (χ4n) is 2.63. The van der Waals surface area contributed by atoms with E-state index in [4.69, 9.17) is 4.74 Å². The van der Waals surface area contributed by atoms with Gasteiger partial charge in [-0.2, -0.15) is 0 Å². The molecule has 1 N–H and O–H groups in total. The second kappa shape index (κ2) is 8.73. The minimum Gasteiger partial charge on any atom is -0.492 e. The van der Waals surface area contributed by atoms with Gasteiger partial charge in [-0.3, -0.25) is 0 Å². The Bertz CT molecular complexity index is 442. The largest absolute Gasteiger partial charge is 0.492 e. The topological polar surface area (TPSA) is 21.3 Å².